The lowest BCUT2D eigenvalue weighted by Gasteiger charge is -2.33. The van der Waals surface area contributed by atoms with E-state index in [4.69, 9.17) is 5.11 Å². The molecule has 0 aromatic rings. The number of carboxylic acids is 2. The smallest absolute Gasteiger partial charge is 0.360 e. The molecule has 2 atom stereocenters. The highest BCUT2D eigenvalue weighted by atomic mass is 16.4. The van der Waals surface area contributed by atoms with Gasteiger partial charge in [0.25, 0.3) is 0 Å². The topological polar surface area (TPSA) is 110 Å². The number of aliphatic hydroxyl groups excluding tert-OH is 1. The van der Waals surface area contributed by atoms with Crippen molar-refractivity contribution in [1.29, 1.82) is 0 Å². The highest BCUT2D eigenvalue weighted by molar-refractivity contribution is 5.81. The van der Waals surface area contributed by atoms with Crippen molar-refractivity contribution in [1.82, 2.24) is 0 Å². The van der Waals surface area contributed by atoms with Crippen molar-refractivity contribution in [2.75, 3.05) is 34.2 Å². The Hall–Kier alpha value is -1.77. The zero-order valence-corrected chi connectivity index (χ0v) is 19.5. The van der Waals surface area contributed by atoms with Crippen LogP contribution in [-0.4, -0.2) is 77.4 Å². The van der Waals surface area contributed by atoms with Crippen molar-refractivity contribution in [3.05, 3.63) is 12.4 Å². The molecule has 0 spiro atoms. The second kappa shape index (κ2) is 14.3. The molecule has 0 aromatic heterocycles. The van der Waals surface area contributed by atoms with Crippen molar-refractivity contribution in [3.8, 4) is 0 Å². The second-order valence-corrected chi connectivity index (χ2v) is 9.00. The van der Waals surface area contributed by atoms with E-state index < -0.39 is 18.2 Å². The molecule has 0 bridgehead atoms. The van der Waals surface area contributed by atoms with Crippen molar-refractivity contribution in [2.45, 2.75) is 77.9 Å². The van der Waals surface area contributed by atoms with E-state index >= 15 is 0 Å². The zero-order valence-electron chi connectivity index (χ0n) is 19.5. The summed E-state index contributed by atoms with van der Waals surface area (Å²) in [5.74, 6) is -1.16. The SMILES string of the molecule is CCCCCCCCCCC1=NC=C[N+]1(CC(=O)O)C(C)O.C[N+](C)(C)CC(=O)[O-]. The van der Waals surface area contributed by atoms with Crippen LogP contribution in [0.25, 0.3) is 0 Å². The Morgan fingerprint density at radius 3 is 2.03 bits per heavy atom. The monoisotopic (exact) mass is 428 g/mol. The Balaban J connectivity index is 0.000000890. The number of likely N-dealkylation sites (N-methyl/N-ethyl adjacent to an activating group) is 1. The fourth-order valence-electron chi connectivity index (χ4n) is 3.35. The van der Waals surface area contributed by atoms with Gasteiger partial charge in [-0.3, -0.25) is 0 Å². The summed E-state index contributed by atoms with van der Waals surface area (Å²) in [6.45, 7) is 3.77. The fraction of sp³-hybridized carbons (Fsp3) is 0.773. The first kappa shape index (κ1) is 28.2. The molecule has 30 heavy (non-hydrogen) atoms. The predicted octanol–water partition coefficient (Wildman–Crippen LogP) is 2.08. The average molecular weight is 429 g/mol. The maximum atomic E-state index is 11.1. The standard InChI is InChI=1S/C17H30N2O3.C5H11NO2/c1-3-4-5-6-7-8-9-10-11-16-18-12-13-19(16,15(2)20)14-17(21)22;1-6(2,3)4-5(7)8/h12-13,15,20H,3-11,14H2,1-2H3;4H2,1-3H3/p+1. The number of nitrogens with zero attached hydrogens (tertiary/aromatic N) is 3. The number of rotatable bonds is 14. The fourth-order valence-corrected chi connectivity index (χ4v) is 3.35. The van der Waals surface area contributed by atoms with Gasteiger partial charge in [0, 0.05) is 13.3 Å². The van der Waals surface area contributed by atoms with Crippen LogP contribution >= 0.6 is 0 Å². The van der Waals surface area contributed by atoms with Gasteiger partial charge in [-0.1, -0.05) is 51.9 Å². The first-order chi connectivity index (χ1) is 13.9. The first-order valence-electron chi connectivity index (χ1n) is 11.0. The van der Waals surface area contributed by atoms with Gasteiger partial charge in [0.2, 0.25) is 5.84 Å². The van der Waals surface area contributed by atoms with Gasteiger partial charge < -0.3 is 24.6 Å². The number of hydrogen-bond donors (Lipinski definition) is 2. The normalized spacial score (nSPS) is 19.1. The number of aliphatic carboxylic acids is 2. The number of unbranched alkanes of at least 4 members (excludes halogenated alkanes) is 7. The van der Waals surface area contributed by atoms with Gasteiger partial charge in [-0.25, -0.2) is 14.3 Å². The summed E-state index contributed by atoms with van der Waals surface area (Å²) >= 11 is 0. The lowest BCUT2D eigenvalue weighted by atomic mass is 10.1. The number of amidine groups is 1. The van der Waals surface area contributed by atoms with Crippen LogP contribution in [0.2, 0.25) is 0 Å². The van der Waals surface area contributed by atoms with Crippen LogP contribution < -0.4 is 5.11 Å². The van der Waals surface area contributed by atoms with E-state index in [-0.39, 0.29) is 17.6 Å². The summed E-state index contributed by atoms with van der Waals surface area (Å²) in [5.41, 5.74) is 0. The van der Waals surface area contributed by atoms with Gasteiger partial charge in [-0.15, -0.1) is 0 Å². The van der Waals surface area contributed by atoms with E-state index in [9.17, 15) is 19.8 Å². The molecule has 1 aliphatic heterocycles. The number of carbonyl (C=O) groups is 2. The van der Waals surface area contributed by atoms with E-state index in [1.807, 2.05) is 0 Å². The van der Waals surface area contributed by atoms with Crippen molar-refractivity contribution in [3.63, 3.8) is 0 Å². The molecule has 0 aliphatic carbocycles. The number of hydrogen-bond acceptors (Lipinski definition) is 5. The molecule has 0 saturated carbocycles. The molecule has 0 radical (unpaired) electrons. The third-order valence-electron chi connectivity index (χ3n) is 4.96. The molecule has 1 aliphatic rings. The first-order valence-corrected chi connectivity index (χ1v) is 11.0. The maximum Gasteiger partial charge on any atom is 0.360 e. The molecule has 1 rings (SSSR count). The highest BCUT2D eigenvalue weighted by Crippen LogP contribution is 2.24. The Kier molecular flexibility index (Phi) is 13.4. The molecule has 8 nitrogen and oxygen atoms in total. The molecule has 0 fully saturated rings. The van der Waals surface area contributed by atoms with Gasteiger partial charge in [0.1, 0.15) is 12.7 Å². The summed E-state index contributed by atoms with van der Waals surface area (Å²) in [4.78, 5) is 25.3. The van der Waals surface area contributed by atoms with Crippen LogP contribution in [0.4, 0.5) is 0 Å². The minimum Gasteiger partial charge on any atom is -0.544 e. The maximum absolute atomic E-state index is 11.1. The van der Waals surface area contributed by atoms with Gasteiger partial charge in [0.15, 0.2) is 12.8 Å². The number of quaternary nitrogens is 2. The molecule has 174 valence electrons. The number of carboxylic acid groups (broad SMARTS) is 2. The number of aliphatic hydroxyl groups is 1. The highest BCUT2D eigenvalue weighted by Gasteiger charge is 2.41. The minimum atomic E-state index is -1.00. The molecular weight excluding hydrogens is 386 g/mol. The predicted molar refractivity (Wildman–Crippen MR) is 116 cm³/mol. The average Bonchev–Trinajstić information content (AvgIpc) is 2.99. The molecule has 2 unspecified atom stereocenters. The second-order valence-electron chi connectivity index (χ2n) is 9.00. The molecule has 0 saturated heterocycles. The number of aliphatic imine (C=N–C) groups is 1. The summed E-state index contributed by atoms with van der Waals surface area (Å²) in [5, 5.41) is 29.0. The zero-order chi connectivity index (χ0) is 23.2. The van der Waals surface area contributed by atoms with Crippen molar-refractivity contribution < 1.29 is 33.9 Å². The Morgan fingerprint density at radius 1 is 1.10 bits per heavy atom. The van der Waals surface area contributed by atoms with Crippen LogP contribution in [0.15, 0.2) is 17.4 Å². The summed E-state index contributed by atoms with van der Waals surface area (Å²) in [7, 11) is 5.40. The Bertz CT molecular complexity index is 582. The van der Waals surface area contributed by atoms with E-state index in [0.29, 0.717) is 4.48 Å². The minimum absolute atomic E-state index is 0.0498. The van der Waals surface area contributed by atoms with Crippen LogP contribution in [0.3, 0.4) is 0 Å². The van der Waals surface area contributed by atoms with E-state index in [1.54, 1.807) is 40.5 Å². The molecular formula is C22H42N3O5+. The summed E-state index contributed by atoms with van der Waals surface area (Å²) < 4.78 is 0.369. The molecule has 0 amide bonds. The van der Waals surface area contributed by atoms with E-state index in [1.165, 1.54) is 38.5 Å². The Morgan fingerprint density at radius 2 is 1.63 bits per heavy atom. The van der Waals surface area contributed by atoms with E-state index in [0.717, 1.165) is 25.1 Å². The van der Waals surface area contributed by atoms with Gasteiger partial charge >= 0.3 is 5.97 Å². The van der Waals surface area contributed by atoms with Gasteiger partial charge in [-0.2, -0.15) is 0 Å². The van der Waals surface area contributed by atoms with E-state index in [2.05, 4.69) is 11.9 Å². The van der Waals surface area contributed by atoms with Crippen molar-refractivity contribution in [2.24, 2.45) is 4.99 Å². The molecule has 8 heteroatoms. The third-order valence-corrected chi connectivity index (χ3v) is 4.96. The van der Waals surface area contributed by atoms with Crippen LogP contribution in [0, 0.1) is 0 Å². The van der Waals surface area contributed by atoms with Gasteiger partial charge in [-0.05, 0) is 6.42 Å². The van der Waals surface area contributed by atoms with Crippen LogP contribution in [0.5, 0.6) is 0 Å². The third kappa shape index (κ3) is 12.0. The lowest BCUT2D eigenvalue weighted by Crippen LogP contribution is -2.55. The largest absolute Gasteiger partial charge is 0.544 e. The quantitative estimate of drug-likeness (QED) is 0.325. The van der Waals surface area contributed by atoms with Gasteiger partial charge in [0.05, 0.1) is 33.3 Å². The molecule has 1 heterocycles. The Labute approximate surface area is 181 Å². The summed E-state index contributed by atoms with van der Waals surface area (Å²) in [6, 6.07) is 0. The number of carbonyl (C=O) groups excluding carboxylic acids is 1. The van der Waals surface area contributed by atoms with Crippen LogP contribution in [0.1, 0.15) is 71.6 Å². The summed E-state index contributed by atoms with van der Waals surface area (Å²) in [6.07, 6.45) is 13.1. The van der Waals surface area contributed by atoms with Crippen LogP contribution in [-0.2, 0) is 9.59 Å². The lowest BCUT2D eigenvalue weighted by molar-refractivity contribution is -0.864. The molecule has 0 aromatic carbocycles. The van der Waals surface area contributed by atoms with Crippen molar-refractivity contribution >= 4 is 17.8 Å². The molecule has 2 N–H and O–H groups in total.